The maximum atomic E-state index is 13.2. The third-order valence-corrected chi connectivity index (χ3v) is 1.99. The minimum absolute atomic E-state index is 0.0919. The van der Waals surface area contributed by atoms with Gasteiger partial charge in [0.05, 0.1) is 14.2 Å². The summed E-state index contributed by atoms with van der Waals surface area (Å²) in [7, 11) is 2.46. The number of esters is 1. The molecular formula is C11H11FO4. The zero-order valence-corrected chi connectivity index (χ0v) is 8.95. The average Bonchev–Trinajstić information content (AvgIpc) is 2.28. The largest absolute Gasteiger partial charge is 0.494 e. The number of carbonyl (C=O) groups is 2. The van der Waals surface area contributed by atoms with E-state index in [0.29, 0.717) is 5.56 Å². The zero-order chi connectivity index (χ0) is 12.1. The Morgan fingerprint density at radius 3 is 2.50 bits per heavy atom. The Balaban J connectivity index is 2.79. The fourth-order valence-electron chi connectivity index (χ4n) is 1.19. The summed E-state index contributed by atoms with van der Waals surface area (Å²) >= 11 is 0. The summed E-state index contributed by atoms with van der Waals surface area (Å²) in [4.78, 5) is 22.0. The summed E-state index contributed by atoms with van der Waals surface area (Å²) in [6, 6.07) is 4.07. The van der Waals surface area contributed by atoms with Crippen molar-refractivity contribution in [2.45, 2.75) is 6.42 Å². The van der Waals surface area contributed by atoms with Gasteiger partial charge >= 0.3 is 5.97 Å². The fraction of sp³-hybridized carbons (Fsp3) is 0.273. The standard InChI is InChI=1S/C11H11FO4/c1-15-10-4-3-7(5-8(10)12)6-9(13)11(14)16-2/h3-5H,6H2,1-2H3. The summed E-state index contributed by atoms with van der Waals surface area (Å²) in [6.45, 7) is 0. The lowest BCUT2D eigenvalue weighted by molar-refractivity contribution is -0.151. The van der Waals surface area contributed by atoms with Crippen LogP contribution in [0.15, 0.2) is 18.2 Å². The molecule has 0 bridgehead atoms. The van der Waals surface area contributed by atoms with Gasteiger partial charge in [-0.2, -0.15) is 0 Å². The van der Waals surface area contributed by atoms with Crippen molar-refractivity contribution >= 4 is 11.8 Å². The molecule has 0 fully saturated rings. The first-order valence-electron chi connectivity index (χ1n) is 4.52. The van der Waals surface area contributed by atoms with E-state index in [1.807, 2.05) is 0 Å². The highest BCUT2D eigenvalue weighted by Crippen LogP contribution is 2.18. The predicted molar refractivity (Wildman–Crippen MR) is 53.7 cm³/mol. The molecule has 0 N–H and O–H groups in total. The van der Waals surface area contributed by atoms with Crippen LogP contribution in [0.1, 0.15) is 5.56 Å². The van der Waals surface area contributed by atoms with Gasteiger partial charge in [0, 0.05) is 6.42 Å². The number of Topliss-reactive ketones (excluding diaryl/α,β-unsaturated/α-hetero) is 1. The van der Waals surface area contributed by atoms with Crippen LogP contribution in [-0.2, 0) is 20.7 Å². The Bertz CT molecular complexity index is 414. The van der Waals surface area contributed by atoms with Crippen molar-refractivity contribution in [2.75, 3.05) is 14.2 Å². The highest BCUT2D eigenvalue weighted by atomic mass is 19.1. The number of halogens is 1. The van der Waals surface area contributed by atoms with Gasteiger partial charge in [0.25, 0.3) is 0 Å². The summed E-state index contributed by atoms with van der Waals surface area (Å²) in [5.41, 5.74) is 0.397. The van der Waals surface area contributed by atoms with Crippen molar-refractivity contribution in [2.24, 2.45) is 0 Å². The summed E-state index contributed by atoms with van der Waals surface area (Å²) < 4.78 is 22.2. The Morgan fingerprint density at radius 2 is 2.00 bits per heavy atom. The molecule has 0 aromatic heterocycles. The molecule has 0 saturated carbocycles. The van der Waals surface area contributed by atoms with Crippen molar-refractivity contribution in [3.8, 4) is 5.75 Å². The molecule has 1 rings (SSSR count). The van der Waals surface area contributed by atoms with Crippen molar-refractivity contribution in [1.82, 2.24) is 0 Å². The van der Waals surface area contributed by atoms with Gasteiger partial charge in [0.1, 0.15) is 0 Å². The minimum atomic E-state index is -0.934. The molecule has 5 heteroatoms. The minimum Gasteiger partial charge on any atom is -0.494 e. The molecule has 0 atom stereocenters. The Kier molecular flexibility index (Phi) is 3.99. The number of hydrogen-bond acceptors (Lipinski definition) is 4. The molecule has 0 radical (unpaired) electrons. The van der Waals surface area contributed by atoms with Gasteiger partial charge in [-0.05, 0) is 17.7 Å². The first-order chi connectivity index (χ1) is 7.58. The molecule has 0 aliphatic heterocycles. The lowest BCUT2D eigenvalue weighted by atomic mass is 10.1. The smallest absolute Gasteiger partial charge is 0.374 e. The predicted octanol–water partition coefficient (Wildman–Crippen LogP) is 1.12. The molecular weight excluding hydrogens is 215 g/mol. The van der Waals surface area contributed by atoms with Crippen molar-refractivity contribution in [3.63, 3.8) is 0 Å². The second-order valence-electron chi connectivity index (χ2n) is 3.06. The Morgan fingerprint density at radius 1 is 1.31 bits per heavy atom. The van der Waals surface area contributed by atoms with E-state index in [2.05, 4.69) is 4.74 Å². The van der Waals surface area contributed by atoms with E-state index in [0.717, 1.165) is 13.2 Å². The molecule has 0 heterocycles. The van der Waals surface area contributed by atoms with Crippen LogP contribution in [0.4, 0.5) is 4.39 Å². The third-order valence-electron chi connectivity index (χ3n) is 1.99. The quantitative estimate of drug-likeness (QED) is 0.570. The van der Waals surface area contributed by atoms with Crippen LogP contribution in [0.5, 0.6) is 5.75 Å². The first-order valence-corrected chi connectivity index (χ1v) is 4.52. The van der Waals surface area contributed by atoms with E-state index in [9.17, 15) is 14.0 Å². The molecule has 0 spiro atoms. The Labute approximate surface area is 92.0 Å². The van der Waals surface area contributed by atoms with E-state index in [1.165, 1.54) is 19.2 Å². The molecule has 0 amide bonds. The molecule has 1 aromatic rings. The van der Waals surface area contributed by atoms with E-state index < -0.39 is 17.6 Å². The van der Waals surface area contributed by atoms with Crippen LogP contribution in [0.3, 0.4) is 0 Å². The maximum Gasteiger partial charge on any atom is 0.374 e. The maximum absolute atomic E-state index is 13.2. The fourth-order valence-corrected chi connectivity index (χ4v) is 1.19. The molecule has 86 valence electrons. The van der Waals surface area contributed by atoms with Gasteiger partial charge in [-0.1, -0.05) is 6.07 Å². The van der Waals surface area contributed by atoms with E-state index >= 15 is 0 Å². The van der Waals surface area contributed by atoms with Crippen molar-refractivity contribution in [3.05, 3.63) is 29.6 Å². The van der Waals surface area contributed by atoms with E-state index in [-0.39, 0.29) is 12.2 Å². The second-order valence-corrected chi connectivity index (χ2v) is 3.06. The third kappa shape index (κ3) is 2.79. The van der Waals surface area contributed by atoms with Crippen LogP contribution < -0.4 is 4.74 Å². The van der Waals surface area contributed by atoms with Gasteiger partial charge in [0.2, 0.25) is 5.78 Å². The highest BCUT2D eigenvalue weighted by Gasteiger charge is 2.15. The number of benzene rings is 1. The number of methoxy groups -OCH3 is 2. The van der Waals surface area contributed by atoms with E-state index in [1.54, 1.807) is 0 Å². The summed E-state index contributed by atoms with van der Waals surface area (Å²) in [5.74, 6) is -2.13. The van der Waals surface area contributed by atoms with Crippen molar-refractivity contribution in [1.29, 1.82) is 0 Å². The normalized spacial score (nSPS) is 9.69. The van der Waals surface area contributed by atoms with Crippen LogP contribution in [0.2, 0.25) is 0 Å². The molecule has 1 aromatic carbocycles. The monoisotopic (exact) mass is 226 g/mol. The van der Waals surface area contributed by atoms with Crippen LogP contribution in [0.25, 0.3) is 0 Å². The summed E-state index contributed by atoms with van der Waals surface area (Å²) in [5, 5.41) is 0. The van der Waals surface area contributed by atoms with Crippen molar-refractivity contribution < 1.29 is 23.5 Å². The van der Waals surface area contributed by atoms with E-state index in [4.69, 9.17) is 4.74 Å². The highest BCUT2D eigenvalue weighted by molar-refractivity contribution is 6.34. The number of rotatable bonds is 4. The number of ether oxygens (including phenoxy) is 2. The van der Waals surface area contributed by atoms with Gasteiger partial charge in [-0.25, -0.2) is 9.18 Å². The van der Waals surface area contributed by atoms with Crippen LogP contribution >= 0.6 is 0 Å². The average molecular weight is 226 g/mol. The lowest BCUT2D eigenvalue weighted by Gasteiger charge is -2.04. The molecule has 0 aliphatic rings. The number of hydrogen-bond donors (Lipinski definition) is 0. The molecule has 0 saturated heterocycles. The lowest BCUT2D eigenvalue weighted by Crippen LogP contribution is -2.17. The van der Waals surface area contributed by atoms with Gasteiger partial charge < -0.3 is 9.47 Å². The molecule has 0 aliphatic carbocycles. The number of ketones is 1. The molecule has 0 unspecified atom stereocenters. The van der Waals surface area contributed by atoms with Gasteiger partial charge in [-0.3, -0.25) is 4.79 Å². The summed E-state index contributed by atoms with van der Waals surface area (Å²) in [6.07, 6.45) is -0.187. The number of carbonyl (C=O) groups excluding carboxylic acids is 2. The second kappa shape index (κ2) is 5.25. The Hall–Kier alpha value is -1.91. The van der Waals surface area contributed by atoms with Gasteiger partial charge in [0.15, 0.2) is 11.6 Å². The van der Waals surface area contributed by atoms with Gasteiger partial charge in [-0.15, -0.1) is 0 Å². The first kappa shape index (κ1) is 12.2. The zero-order valence-electron chi connectivity index (χ0n) is 8.95. The molecule has 4 nitrogen and oxygen atoms in total. The molecule has 16 heavy (non-hydrogen) atoms. The topological polar surface area (TPSA) is 52.6 Å². The SMILES string of the molecule is COC(=O)C(=O)Cc1ccc(OC)c(F)c1. The van der Waals surface area contributed by atoms with Crippen LogP contribution in [-0.4, -0.2) is 26.0 Å². The van der Waals surface area contributed by atoms with Crippen LogP contribution in [0, 0.1) is 5.82 Å².